The number of carbonyl (C=O) groups is 1. The van der Waals surface area contributed by atoms with Gasteiger partial charge in [0.15, 0.2) is 0 Å². The van der Waals surface area contributed by atoms with Gasteiger partial charge in [0.2, 0.25) is 5.91 Å². The Kier molecular flexibility index (Phi) is 8.25. The summed E-state index contributed by atoms with van der Waals surface area (Å²) in [5.41, 5.74) is 1.18. The van der Waals surface area contributed by atoms with Gasteiger partial charge in [0.25, 0.3) is 0 Å². The Morgan fingerprint density at radius 3 is 2.70 bits per heavy atom. The molecule has 0 saturated heterocycles. The second-order valence-corrected chi connectivity index (χ2v) is 9.61. The molecule has 7 nitrogen and oxygen atoms in total. The summed E-state index contributed by atoms with van der Waals surface area (Å²) in [4.78, 5) is 18.9. The molecule has 0 unspecified atom stereocenters. The minimum absolute atomic E-state index is 0.0886. The average Bonchev–Trinajstić information content (AvgIpc) is 3.57. The van der Waals surface area contributed by atoms with Crippen molar-refractivity contribution in [2.45, 2.75) is 44.4 Å². The number of hydrogen-bond donors (Lipinski definition) is 1. The number of carbonyl (C=O) groups excluding carboxylic acids is 1. The van der Waals surface area contributed by atoms with E-state index < -0.39 is 6.10 Å². The SMILES string of the molecule is CCOC[C@@H](O)CN(CC(=O)N1CCc2sccc2[C@@H]1COc1ccc(OC)cc1)C1CC1. The first kappa shape index (κ1) is 24.0. The molecule has 1 aliphatic heterocycles. The number of benzene rings is 1. The number of fused-ring (bicyclic) bond motifs is 1. The lowest BCUT2D eigenvalue weighted by Gasteiger charge is -2.37. The summed E-state index contributed by atoms with van der Waals surface area (Å²) in [6, 6.07) is 9.89. The smallest absolute Gasteiger partial charge is 0.237 e. The van der Waals surface area contributed by atoms with Gasteiger partial charge in [0, 0.05) is 30.6 Å². The van der Waals surface area contributed by atoms with Crippen LogP contribution in [0.5, 0.6) is 11.5 Å². The van der Waals surface area contributed by atoms with E-state index in [4.69, 9.17) is 14.2 Å². The Balaban J connectivity index is 1.43. The molecule has 0 bridgehead atoms. The lowest BCUT2D eigenvalue weighted by Crippen LogP contribution is -2.48. The summed E-state index contributed by atoms with van der Waals surface area (Å²) in [6.45, 7) is 4.65. The third-order valence-corrected chi connectivity index (χ3v) is 7.24. The fourth-order valence-corrected chi connectivity index (χ4v) is 5.27. The van der Waals surface area contributed by atoms with Gasteiger partial charge in [-0.2, -0.15) is 0 Å². The number of thiophene rings is 1. The van der Waals surface area contributed by atoms with Crippen LogP contribution < -0.4 is 9.47 Å². The zero-order valence-corrected chi connectivity index (χ0v) is 20.3. The van der Waals surface area contributed by atoms with Crippen molar-refractivity contribution >= 4 is 17.2 Å². The lowest BCUT2D eigenvalue weighted by atomic mass is 10.0. The molecule has 1 fully saturated rings. The van der Waals surface area contributed by atoms with Crippen LogP contribution in [0.1, 0.15) is 36.2 Å². The standard InChI is InChI=1S/C25H34N2O5S/c1-3-31-16-19(28)14-26(18-4-5-18)15-25(29)27-12-10-24-22(11-13-33-24)23(27)17-32-21-8-6-20(30-2)7-9-21/h6-9,11,13,18-19,23,28H,3-5,10,12,14-17H2,1-2H3/t19-,23-/m0/s1. The van der Waals surface area contributed by atoms with Crippen LogP contribution in [0.2, 0.25) is 0 Å². The van der Waals surface area contributed by atoms with Crippen LogP contribution >= 0.6 is 11.3 Å². The topological polar surface area (TPSA) is 71.5 Å². The minimum Gasteiger partial charge on any atom is -0.497 e. The van der Waals surface area contributed by atoms with E-state index in [0.29, 0.717) is 45.5 Å². The molecule has 0 radical (unpaired) electrons. The highest BCUT2D eigenvalue weighted by atomic mass is 32.1. The highest BCUT2D eigenvalue weighted by molar-refractivity contribution is 7.10. The first-order chi connectivity index (χ1) is 16.1. The summed E-state index contributed by atoms with van der Waals surface area (Å²) in [7, 11) is 1.64. The van der Waals surface area contributed by atoms with Crippen molar-refractivity contribution < 1.29 is 24.1 Å². The van der Waals surface area contributed by atoms with Crippen molar-refractivity contribution in [1.82, 2.24) is 9.80 Å². The van der Waals surface area contributed by atoms with Crippen molar-refractivity contribution in [3.63, 3.8) is 0 Å². The number of aliphatic hydroxyl groups is 1. The summed E-state index contributed by atoms with van der Waals surface area (Å²) < 4.78 is 16.7. The number of methoxy groups -OCH3 is 1. The minimum atomic E-state index is -0.586. The summed E-state index contributed by atoms with van der Waals surface area (Å²) in [5.74, 6) is 1.62. The molecule has 1 aliphatic carbocycles. The molecule has 2 heterocycles. The maximum Gasteiger partial charge on any atom is 0.237 e. The third-order valence-electron chi connectivity index (χ3n) is 6.24. The molecule has 1 saturated carbocycles. The number of aliphatic hydroxyl groups excluding tert-OH is 1. The van der Waals surface area contributed by atoms with Gasteiger partial charge < -0.3 is 24.2 Å². The summed E-state index contributed by atoms with van der Waals surface area (Å²) in [5, 5.41) is 12.4. The van der Waals surface area contributed by atoms with Crippen LogP contribution in [0, 0.1) is 0 Å². The van der Waals surface area contributed by atoms with Gasteiger partial charge >= 0.3 is 0 Å². The molecule has 1 N–H and O–H groups in total. The Morgan fingerprint density at radius 1 is 1.24 bits per heavy atom. The molecule has 1 aromatic heterocycles. The molecule has 1 aromatic carbocycles. The molecule has 180 valence electrons. The predicted octanol–water partition coefficient (Wildman–Crippen LogP) is 3.12. The van der Waals surface area contributed by atoms with Crippen LogP contribution in [0.25, 0.3) is 0 Å². The van der Waals surface area contributed by atoms with E-state index in [1.165, 1.54) is 10.4 Å². The normalized spacial score (nSPS) is 18.8. The number of amides is 1. The van der Waals surface area contributed by atoms with Crippen LogP contribution in [0.15, 0.2) is 35.7 Å². The zero-order valence-electron chi connectivity index (χ0n) is 19.4. The van der Waals surface area contributed by atoms with Crippen LogP contribution in [-0.4, -0.2) is 79.5 Å². The monoisotopic (exact) mass is 474 g/mol. The van der Waals surface area contributed by atoms with Crippen molar-refractivity contribution in [1.29, 1.82) is 0 Å². The molecular formula is C25H34N2O5S. The molecule has 4 rings (SSSR count). The quantitative estimate of drug-likeness (QED) is 0.510. The van der Waals surface area contributed by atoms with Crippen molar-refractivity contribution in [2.24, 2.45) is 0 Å². The summed E-state index contributed by atoms with van der Waals surface area (Å²) >= 11 is 1.75. The van der Waals surface area contributed by atoms with Gasteiger partial charge in [-0.3, -0.25) is 9.69 Å². The first-order valence-corrected chi connectivity index (χ1v) is 12.6. The fraction of sp³-hybridized carbons (Fsp3) is 0.560. The molecule has 2 aromatic rings. The Labute approximate surface area is 199 Å². The third kappa shape index (κ3) is 6.26. The van der Waals surface area contributed by atoms with Crippen molar-refractivity contribution in [2.75, 3.05) is 46.6 Å². The molecular weight excluding hydrogens is 440 g/mol. The Bertz CT molecular complexity index is 898. The van der Waals surface area contributed by atoms with E-state index in [1.54, 1.807) is 18.4 Å². The number of hydrogen-bond acceptors (Lipinski definition) is 7. The highest BCUT2D eigenvalue weighted by Crippen LogP contribution is 2.35. The first-order valence-electron chi connectivity index (χ1n) is 11.7. The van der Waals surface area contributed by atoms with Gasteiger partial charge in [0.05, 0.1) is 32.4 Å². The largest absolute Gasteiger partial charge is 0.497 e. The lowest BCUT2D eigenvalue weighted by molar-refractivity contribution is -0.136. The second kappa shape index (κ2) is 11.3. The maximum atomic E-state index is 13.5. The summed E-state index contributed by atoms with van der Waals surface area (Å²) in [6.07, 6.45) is 2.44. The fourth-order valence-electron chi connectivity index (χ4n) is 4.35. The van der Waals surface area contributed by atoms with Crippen LogP contribution in [-0.2, 0) is 16.0 Å². The van der Waals surface area contributed by atoms with E-state index in [1.807, 2.05) is 36.1 Å². The van der Waals surface area contributed by atoms with Gasteiger partial charge in [-0.05, 0) is 67.5 Å². The maximum absolute atomic E-state index is 13.5. The predicted molar refractivity (Wildman–Crippen MR) is 128 cm³/mol. The van der Waals surface area contributed by atoms with E-state index in [9.17, 15) is 9.90 Å². The number of ether oxygens (including phenoxy) is 3. The van der Waals surface area contributed by atoms with Gasteiger partial charge in [-0.15, -0.1) is 11.3 Å². The molecule has 1 amide bonds. The zero-order chi connectivity index (χ0) is 23.2. The second-order valence-electron chi connectivity index (χ2n) is 8.61. The molecule has 33 heavy (non-hydrogen) atoms. The van der Waals surface area contributed by atoms with E-state index in [-0.39, 0.29) is 11.9 Å². The van der Waals surface area contributed by atoms with Gasteiger partial charge in [-0.1, -0.05) is 0 Å². The molecule has 2 atom stereocenters. The van der Waals surface area contributed by atoms with Gasteiger partial charge in [0.1, 0.15) is 18.1 Å². The van der Waals surface area contributed by atoms with E-state index >= 15 is 0 Å². The van der Waals surface area contributed by atoms with Crippen LogP contribution in [0.4, 0.5) is 0 Å². The Morgan fingerprint density at radius 2 is 2.00 bits per heavy atom. The average molecular weight is 475 g/mol. The molecule has 0 spiro atoms. The van der Waals surface area contributed by atoms with Crippen LogP contribution in [0.3, 0.4) is 0 Å². The molecule has 8 heteroatoms. The highest BCUT2D eigenvalue weighted by Gasteiger charge is 2.36. The van der Waals surface area contributed by atoms with E-state index in [0.717, 1.165) is 30.8 Å². The molecule has 2 aliphatic rings. The Hall–Kier alpha value is -2.13. The van der Waals surface area contributed by atoms with Crippen molar-refractivity contribution in [3.05, 3.63) is 46.2 Å². The number of rotatable bonds is 12. The van der Waals surface area contributed by atoms with E-state index in [2.05, 4.69) is 16.3 Å². The van der Waals surface area contributed by atoms with Crippen molar-refractivity contribution in [3.8, 4) is 11.5 Å². The number of nitrogens with zero attached hydrogens (tertiary/aromatic N) is 2. The van der Waals surface area contributed by atoms with Gasteiger partial charge in [-0.25, -0.2) is 0 Å².